The van der Waals surface area contributed by atoms with Crippen LogP contribution < -0.4 is 11.1 Å². The van der Waals surface area contributed by atoms with Crippen LogP contribution in [0.3, 0.4) is 0 Å². The predicted octanol–water partition coefficient (Wildman–Crippen LogP) is 2.55. The van der Waals surface area contributed by atoms with Gasteiger partial charge in [0, 0.05) is 12.6 Å². The summed E-state index contributed by atoms with van der Waals surface area (Å²) in [5.74, 6) is 0. The molecule has 0 aliphatic carbocycles. The molecule has 3 N–H and O–H groups in total. The summed E-state index contributed by atoms with van der Waals surface area (Å²) in [6, 6.07) is 5.10. The molecule has 1 atom stereocenters. The maximum Gasteiger partial charge on any atom is 0.314 e. The highest BCUT2D eigenvalue weighted by molar-refractivity contribution is 5.74. The summed E-state index contributed by atoms with van der Waals surface area (Å²) in [6.07, 6.45) is 1.63. The topological polar surface area (TPSA) is 90.4 Å². The van der Waals surface area contributed by atoms with Gasteiger partial charge in [0.25, 0.3) is 0 Å². The number of nitrogens with zero attached hydrogens (tertiary/aromatic N) is 1. The molecule has 0 aromatic heterocycles. The molecular formula is C13H19N3O3. The molecule has 0 bridgehead atoms. The first kappa shape index (κ1) is 13.6. The van der Waals surface area contributed by atoms with Crippen LogP contribution in [0.5, 0.6) is 0 Å². The zero-order valence-corrected chi connectivity index (χ0v) is 11.2. The fraction of sp³-hybridized carbons (Fsp3) is 0.538. The number of rotatable bonds is 3. The Bertz CT molecular complexity index is 488. The van der Waals surface area contributed by atoms with E-state index in [0.717, 1.165) is 12.8 Å². The molecule has 6 heteroatoms. The van der Waals surface area contributed by atoms with Crippen molar-refractivity contribution in [2.75, 3.05) is 17.7 Å². The van der Waals surface area contributed by atoms with E-state index in [1.54, 1.807) is 12.1 Å². The van der Waals surface area contributed by atoms with Gasteiger partial charge in [0.1, 0.15) is 11.4 Å². The predicted molar refractivity (Wildman–Crippen MR) is 74.2 cm³/mol. The standard InChI is InChI=1S/C13H19N3O3/c1-13(2)8-9(6-7-19-13)15-11-5-3-4-10(14)12(11)16(17)18/h3-5,9,15H,6-8,14H2,1-2H3. The summed E-state index contributed by atoms with van der Waals surface area (Å²) >= 11 is 0. The summed E-state index contributed by atoms with van der Waals surface area (Å²) in [7, 11) is 0. The number of ether oxygens (including phenoxy) is 1. The van der Waals surface area contributed by atoms with E-state index in [-0.39, 0.29) is 23.0 Å². The van der Waals surface area contributed by atoms with E-state index < -0.39 is 4.92 Å². The van der Waals surface area contributed by atoms with Crippen molar-refractivity contribution in [3.8, 4) is 0 Å². The lowest BCUT2D eigenvalue weighted by atomic mass is 9.93. The lowest BCUT2D eigenvalue weighted by molar-refractivity contribution is -0.383. The molecule has 104 valence electrons. The summed E-state index contributed by atoms with van der Waals surface area (Å²) < 4.78 is 5.64. The number of benzene rings is 1. The van der Waals surface area contributed by atoms with Gasteiger partial charge < -0.3 is 15.8 Å². The monoisotopic (exact) mass is 265 g/mol. The molecule has 1 aromatic rings. The summed E-state index contributed by atoms with van der Waals surface area (Å²) in [4.78, 5) is 10.6. The molecule has 1 aliphatic rings. The first-order chi connectivity index (χ1) is 8.89. The molecule has 19 heavy (non-hydrogen) atoms. The minimum Gasteiger partial charge on any atom is -0.393 e. The van der Waals surface area contributed by atoms with Crippen molar-refractivity contribution in [3.05, 3.63) is 28.3 Å². The van der Waals surface area contributed by atoms with Crippen molar-refractivity contribution in [3.63, 3.8) is 0 Å². The number of hydrogen-bond acceptors (Lipinski definition) is 5. The van der Waals surface area contributed by atoms with E-state index >= 15 is 0 Å². The SMILES string of the molecule is CC1(C)CC(Nc2cccc(N)c2[N+](=O)[O-])CCO1. The molecule has 6 nitrogen and oxygen atoms in total. The summed E-state index contributed by atoms with van der Waals surface area (Å²) in [5.41, 5.74) is 6.08. The van der Waals surface area contributed by atoms with E-state index in [1.807, 2.05) is 13.8 Å². The minimum atomic E-state index is -0.442. The van der Waals surface area contributed by atoms with E-state index in [4.69, 9.17) is 10.5 Å². The van der Waals surface area contributed by atoms with Crippen LogP contribution >= 0.6 is 0 Å². The van der Waals surface area contributed by atoms with Gasteiger partial charge in [-0.1, -0.05) is 6.07 Å². The average molecular weight is 265 g/mol. The van der Waals surface area contributed by atoms with Gasteiger partial charge in [-0.3, -0.25) is 10.1 Å². The molecule has 0 spiro atoms. The van der Waals surface area contributed by atoms with Crippen LogP contribution in [0.25, 0.3) is 0 Å². The highest BCUT2D eigenvalue weighted by Gasteiger charge is 2.30. The Morgan fingerprint density at radius 3 is 2.89 bits per heavy atom. The summed E-state index contributed by atoms with van der Waals surface area (Å²) in [6.45, 7) is 4.70. The quantitative estimate of drug-likeness (QED) is 0.498. The van der Waals surface area contributed by atoms with Crippen molar-refractivity contribution in [1.29, 1.82) is 0 Å². The largest absolute Gasteiger partial charge is 0.393 e. The Kier molecular flexibility index (Phi) is 3.61. The van der Waals surface area contributed by atoms with Crippen molar-refractivity contribution in [2.24, 2.45) is 0 Å². The van der Waals surface area contributed by atoms with Gasteiger partial charge in [-0.25, -0.2) is 0 Å². The number of nitro benzene ring substituents is 1. The minimum absolute atomic E-state index is 0.0493. The third-order valence-corrected chi connectivity index (χ3v) is 3.31. The molecular weight excluding hydrogens is 246 g/mol. The number of nitrogens with two attached hydrogens (primary N) is 1. The second kappa shape index (κ2) is 5.05. The van der Waals surface area contributed by atoms with Crippen LogP contribution in [0.15, 0.2) is 18.2 Å². The van der Waals surface area contributed by atoms with Crippen molar-refractivity contribution < 1.29 is 9.66 Å². The molecule has 1 saturated heterocycles. The van der Waals surface area contributed by atoms with Gasteiger partial charge in [-0.05, 0) is 38.8 Å². The fourth-order valence-corrected chi connectivity index (χ4v) is 2.46. The molecule has 1 aromatic carbocycles. The Morgan fingerprint density at radius 1 is 1.53 bits per heavy atom. The van der Waals surface area contributed by atoms with Crippen molar-refractivity contribution in [2.45, 2.75) is 38.3 Å². The van der Waals surface area contributed by atoms with E-state index in [9.17, 15) is 10.1 Å². The number of nitrogen functional groups attached to an aromatic ring is 1. The van der Waals surface area contributed by atoms with Crippen LogP contribution in [-0.4, -0.2) is 23.2 Å². The number of para-hydroxylation sites is 1. The molecule has 0 radical (unpaired) electrons. The summed E-state index contributed by atoms with van der Waals surface area (Å²) in [5, 5.41) is 14.3. The van der Waals surface area contributed by atoms with Gasteiger partial charge in [-0.2, -0.15) is 0 Å². The molecule has 1 heterocycles. The van der Waals surface area contributed by atoms with Gasteiger partial charge in [0.15, 0.2) is 0 Å². The molecule has 1 aliphatic heterocycles. The van der Waals surface area contributed by atoms with Crippen LogP contribution in [0.4, 0.5) is 17.1 Å². The van der Waals surface area contributed by atoms with Crippen LogP contribution in [0.1, 0.15) is 26.7 Å². The van der Waals surface area contributed by atoms with Gasteiger partial charge in [-0.15, -0.1) is 0 Å². The molecule has 0 saturated carbocycles. The van der Waals surface area contributed by atoms with E-state index in [1.165, 1.54) is 6.07 Å². The molecule has 0 amide bonds. The zero-order chi connectivity index (χ0) is 14.0. The Balaban J connectivity index is 2.19. The number of hydrogen-bond donors (Lipinski definition) is 2. The fourth-order valence-electron chi connectivity index (χ4n) is 2.46. The first-order valence-electron chi connectivity index (χ1n) is 6.32. The Hall–Kier alpha value is -1.82. The van der Waals surface area contributed by atoms with Gasteiger partial charge in [0.05, 0.1) is 10.5 Å². The number of anilines is 2. The number of nitrogens with one attached hydrogen (secondary N) is 1. The Morgan fingerprint density at radius 2 is 2.26 bits per heavy atom. The highest BCUT2D eigenvalue weighted by atomic mass is 16.6. The zero-order valence-electron chi connectivity index (χ0n) is 11.2. The lowest BCUT2D eigenvalue weighted by Gasteiger charge is -2.36. The molecule has 1 unspecified atom stereocenters. The molecule has 2 rings (SSSR count). The van der Waals surface area contributed by atoms with E-state index in [0.29, 0.717) is 12.3 Å². The van der Waals surface area contributed by atoms with Crippen LogP contribution in [0, 0.1) is 10.1 Å². The second-order valence-electron chi connectivity index (χ2n) is 5.44. The maximum atomic E-state index is 11.1. The molecule has 1 fully saturated rings. The maximum absolute atomic E-state index is 11.1. The lowest BCUT2D eigenvalue weighted by Crippen LogP contribution is -2.40. The average Bonchev–Trinajstić information content (AvgIpc) is 2.26. The van der Waals surface area contributed by atoms with Gasteiger partial charge in [0.2, 0.25) is 0 Å². The third-order valence-electron chi connectivity index (χ3n) is 3.31. The van der Waals surface area contributed by atoms with Crippen molar-refractivity contribution in [1.82, 2.24) is 0 Å². The van der Waals surface area contributed by atoms with Crippen LogP contribution in [-0.2, 0) is 4.74 Å². The normalized spacial score (nSPS) is 21.9. The highest BCUT2D eigenvalue weighted by Crippen LogP contribution is 2.33. The number of nitro groups is 1. The smallest absolute Gasteiger partial charge is 0.314 e. The van der Waals surface area contributed by atoms with E-state index in [2.05, 4.69) is 5.32 Å². The van der Waals surface area contributed by atoms with Gasteiger partial charge >= 0.3 is 5.69 Å². The van der Waals surface area contributed by atoms with Crippen molar-refractivity contribution >= 4 is 17.1 Å². The third kappa shape index (κ3) is 3.14. The Labute approximate surface area is 112 Å². The van der Waals surface area contributed by atoms with Crippen LogP contribution in [0.2, 0.25) is 0 Å². The first-order valence-corrected chi connectivity index (χ1v) is 6.32. The second-order valence-corrected chi connectivity index (χ2v) is 5.44.